The van der Waals surface area contributed by atoms with E-state index in [4.69, 9.17) is 16.0 Å². The van der Waals surface area contributed by atoms with Crippen molar-refractivity contribution in [3.8, 4) is 10.8 Å². The molecule has 1 amide bonds. The first-order chi connectivity index (χ1) is 11.8. The first-order valence-corrected chi connectivity index (χ1v) is 8.75. The van der Waals surface area contributed by atoms with Gasteiger partial charge < -0.3 is 9.73 Å². The molecule has 0 unspecified atom stereocenters. The van der Waals surface area contributed by atoms with E-state index in [1.54, 1.807) is 6.07 Å². The molecule has 5 nitrogen and oxygen atoms in total. The molecule has 0 aliphatic heterocycles. The van der Waals surface area contributed by atoms with Crippen LogP contribution in [0.3, 0.4) is 0 Å². The number of hydrogen-bond acceptors (Lipinski definition) is 5. The fourth-order valence-corrected chi connectivity index (χ4v) is 3.24. The highest BCUT2D eigenvalue weighted by atomic mass is 35.5. The smallest absolute Gasteiger partial charge is 0.257 e. The van der Waals surface area contributed by atoms with Crippen molar-refractivity contribution in [2.45, 2.75) is 26.7 Å². The van der Waals surface area contributed by atoms with Crippen molar-refractivity contribution in [2.75, 3.05) is 5.32 Å². The number of rotatable bonds is 4. The van der Waals surface area contributed by atoms with Crippen LogP contribution in [-0.2, 0) is 0 Å². The largest absolute Gasteiger partial charge is 0.420 e. The summed E-state index contributed by atoms with van der Waals surface area (Å²) in [7, 11) is 0. The van der Waals surface area contributed by atoms with Crippen LogP contribution in [0, 0.1) is 12.7 Å². The lowest BCUT2D eigenvalue weighted by Crippen LogP contribution is -2.12. The van der Waals surface area contributed by atoms with Crippen LogP contribution in [0.1, 0.15) is 40.9 Å². The zero-order valence-electron chi connectivity index (χ0n) is 13.8. The van der Waals surface area contributed by atoms with Gasteiger partial charge in [0.1, 0.15) is 5.82 Å². The fourth-order valence-electron chi connectivity index (χ4n) is 2.14. The molecule has 0 fully saturated rings. The maximum Gasteiger partial charge on any atom is 0.257 e. The average Bonchev–Trinajstić information content (AvgIpc) is 3.17. The Morgan fingerprint density at radius 1 is 1.32 bits per heavy atom. The zero-order chi connectivity index (χ0) is 18.1. The Morgan fingerprint density at radius 3 is 2.76 bits per heavy atom. The highest BCUT2D eigenvalue weighted by Crippen LogP contribution is 2.34. The Morgan fingerprint density at radius 2 is 2.08 bits per heavy atom. The maximum absolute atomic E-state index is 13.4. The lowest BCUT2D eigenvalue weighted by atomic mass is 10.2. The van der Waals surface area contributed by atoms with Gasteiger partial charge in [-0.05, 0) is 31.2 Å². The SMILES string of the molecule is Cc1sc(-c2nnc(C(C)C)o2)cc1NC(=O)c1cc(F)ccc1Cl. The van der Waals surface area contributed by atoms with Crippen molar-refractivity contribution in [3.63, 3.8) is 0 Å². The van der Waals surface area contributed by atoms with Crippen molar-refractivity contribution >= 4 is 34.5 Å². The Labute approximate surface area is 152 Å². The van der Waals surface area contributed by atoms with Gasteiger partial charge in [0, 0.05) is 10.8 Å². The number of halogens is 2. The second-order valence-electron chi connectivity index (χ2n) is 5.76. The quantitative estimate of drug-likeness (QED) is 0.670. The second kappa shape index (κ2) is 6.93. The summed E-state index contributed by atoms with van der Waals surface area (Å²) in [5.74, 6) is 0.0885. The van der Waals surface area contributed by atoms with E-state index in [-0.39, 0.29) is 16.5 Å². The topological polar surface area (TPSA) is 68.0 Å². The lowest BCUT2D eigenvalue weighted by Gasteiger charge is -2.06. The molecule has 0 saturated carbocycles. The minimum absolute atomic E-state index is 0.0775. The number of aromatic nitrogens is 2. The molecule has 25 heavy (non-hydrogen) atoms. The van der Waals surface area contributed by atoms with Gasteiger partial charge in [0.2, 0.25) is 5.89 Å². The molecule has 130 valence electrons. The van der Waals surface area contributed by atoms with Crippen LogP contribution < -0.4 is 5.32 Å². The molecular weight excluding hydrogens is 365 g/mol. The van der Waals surface area contributed by atoms with E-state index < -0.39 is 11.7 Å². The Kier molecular flexibility index (Phi) is 4.87. The number of anilines is 1. The number of carbonyl (C=O) groups is 1. The molecule has 0 aliphatic rings. The number of aryl methyl sites for hydroxylation is 1. The van der Waals surface area contributed by atoms with Gasteiger partial charge in [0.25, 0.3) is 11.8 Å². The number of nitrogens with one attached hydrogen (secondary N) is 1. The zero-order valence-corrected chi connectivity index (χ0v) is 15.3. The minimum atomic E-state index is -0.524. The van der Waals surface area contributed by atoms with E-state index in [0.29, 0.717) is 17.5 Å². The van der Waals surface area contributed by atoms with E-state index >= 15 is 0 Å². The Hall–Kier alpha value is -2.25. The van der Waals surface area contributed by atoms with Crippen LogP contribution in [0.5, 0.6) is 0 Å². The Balaban J connectivity index is 1.85. The molecular formula is C17H15ClFN3O2S. The van der Waals surface area contributed by atoms with Gasteiger partial charge >= 0.3 is 0 Å². The molecule has 2 aromatic heterocycles. The van der Waals surface area contributed by atoms with Gasteiger partial charge in [-0.2, -0.15) is 0 Å². The van der Waals surface area contributed by atoms with Gasteiger partial charge in [-0.25, -0.2) is 4.39 Å². The first-order valence-electron chi connectivity index (χ1n) is 7.55. The third-order valence-electron chi connectivity index (χ3n) is 3.48. The highest BCUT2D eigenvalue weighted by molar-refractivity contribution is 7.15. The molecule has 8 heteroatoms. The number of hydrogen-bond donors (Lipinski definition) is 1. The molecule has 2 heterocycles. The predicted molar refractivity (Wildman–Crippen MR) is 95.8 cm³/mol. The average molecular weight is 380 g/mol. The van der Waals surface area contributed by atoms with Crippen molar-refractivity contribution in [3.05, 3.63) is 51.4 Å². The van der Waals surface area contributed by atoms with Gasteiger partial charge in [-0.15, -0.1) is 21.5 Å². The Bertz CT molecular complexity index is 936. The van der Waals surface area contributed by atoms with Gasteiger partial charge in [0.05, 0.1) is 21.2 Å². The maximum atomic E-state index is 13.4. The fraction of sp³-hybridized carbons (Fsp3) is 0.235. The van der Waals surface area contributed by atoms with Crippen LogP contribution in [0.25, 0.3) is 10.8 Å². The third kappa shape index (κ3) is 3.72. The van der Waals surface area contributed by atoms with E-state index in [9.17, 15) is 9.18 Å². The molecule has 3 aromatic rings. The molecule has 3 rings (SSSR count). The number of nitrogens with zero attached hydrogens (tertiary/aromatic N) is 2. The van der Waals surface area contributed by atoms with E-state index in [0.717, 1.165) is 15.8 Å². The van der Waals surface area contributed by atoms with E-state index in [1.165, 1.54) is 23.5 Å². The van der Waals surface area contributed by atoms with Gasteiger partial charge in [0.15, 0.2) is 0 Å². The molecule has 0 aliphatic carbocycles. The lowest BCUT2D eigenvalue weighted by molar-refractivity contribution is 0.102. The normalized spacial score (nSPS) is 11.1. The van der Waals surface area contributed by atoms with Crippen molar-refractivity contribution in [1.82, 2.24) is 10.2 Å². The number of thiophene rings is 1. The van der Waals surface area contributed by atoms with Gasteiger partial charge in [-0.1, -0.05) is 25.4 Å². The number of benzene rings is 1. The summed E-state index contributed by atoms with van der Waals surface area (Å²) in [6, 6.07) is 5.41. The van der Waals surface area contributed by atoms with Crippen LogP contribution in [-0.4, -0.2) is 16.1 Å². The molecule has 0 atom stereocenters. The second-order valence-corrected chi connectivity index (χ2v) is 7.42. The summed E-state index contributed by atoms with van der Waals surface area (Å²) in [5.41, 5.74) is 0.670. The summed E-state index contributed by atoms with van der Waals surface area (Å²) in [5, 5.41) is 11.0. The third-order valence-corrected chi connectivity index (χ3v) is 4.85. The summed E-state index contributed by atoms with van der Waals surface area (Å²) in [6.45, 7) is 5.79. The predicted octanol–water partition coefficient (Wildman–Crippen LogP) is 5.27. The summed E-state index contributed by atoms with van der Waals surface area (Å²) < 4.78 is 19.0. The van der Waals surface area contributed by atoms with E-state index in [2.05, 4.69) is 15.5 Å². The molecule has 0 bridgehead atoms. The summed E-state index contributed by atoms with van der Waals surface area (Å²) in [4.78, 5) is 14.0. The van der Waals surface area contributed by atoms with Crippen LogP contribution in [0.4, 0.5) is 10.1 Å². The molecule has 0 saturated heterocycles. The standard InChI is InChI=1S/C17H15ClFN3O2S/c1-8(2)16-21-22-17(24-16)14-7-13(9(3)25-14)20-15(23)11-6-10(19)4-5-12(11)18/h4-8H,1-3H3,(H,20,23). The van der Waals surface area contributed by atoms with Crippen molar-refractivity contribution in [1.29, 1.82) is 0 Å². The van der Waals surface area contributed by atoms with Crippen LogP contribution in [0.2, 0.25) is 5.02 Å². The molecule has 1 aromatic carbocycles. The monoisotopic (exact) mass is 379 g/mol. The molecule has 0 radical (unpaired) electrons. The van der Waals surface area contributed by atoms with Gasteiger partial charge in [-0.3, -0.25) is 4.79 Å². The summed E-state index contributed by atoms with van der Waals surface area (Å²) >= 11 is 7.39. The van der Waals surface area contributed by atoms with Crippen LogP contribution >= 0.6 is 22.9 Å². The highest BCUT2D eigenvalue weighted by Gasteiger charge is 2.18. The molecule has 0 spiro atoms. The van der Waals surface area contributed by atoms with E-state index in [1.807, 2.05) is 20.8 Å². The van der Waals surface area contributed by atoms with Crippen molar-refractivity contribution in [2.24, 2.45) is 0 Å². The molecule has 1 N–H and O–H groups in total. The van der Waals surface area contributed by atoms with Crippen molar-refractivity contribution < 1.29 is 13.6 Å². The minimum Gasteiger partial charge on any atom is -0.420 e. The first kappa shape index (κ1) is 17.6. The number of amides is 1. The van der Waals surface area contributed by atoms with Crippen LogP contribution in [0.15, 0.2) is 28.7 Å². The number of carbonyl (C=O) groups excluding carboxylic acids is 1. The summed E-state index contributed by atoms with van der Waals surface area (Å²) in [6.07, 6.45) is 0.